The molecule has 1 atom stereocenters. The number of rotatable bonds is 10. The summed E-state index contributed by atoms with van der Waals surface area (Å²) in [7, 11) is 1.67. The molecule has 5 heteroatoms. The average Bonchev–Trinajstić information content (AvgIpc) is 2.77. The molecule has 30 heavy (non-hydrogen) atoms. The van der Waals surface area contributed by atoms with Crippen LogP contribution in [0.4, 0.5) is 0 Å². The molecule has 0 aromatic heterocycles. The molecule has 0 fully saturated rings. The predicted molar refractivity (Wildman–Crippen MR) is 127 cm³/mol. The van der Waals surface area contributed by atoms with Crippen LogP contribution < -0.4 is 14.8 Å². The van der Waals surface area contributed by atoms with Crippen LogP contribution in [0.3, 0.4) is 0 Å². The molecule has 0 bridgehead atoms. The van der Waals surface area contributed by atoms with Gasteiger partial charge < -0.3 is 14.8 Å². The second-order valence-corrected chi connectivity index (χ2v) is 7.43. The Labute approximate surface area is 190 Å². The molecule has 1 N–H and O–H groups in total. The third-order valence-corrected chi connectivity index (χ3v) is 5.15. The maximum Gasteiger partial charge on any atom is 0.166 e. The maximum absolute atomic E-state index is 6.17. The van der Waals surface area contributed by atoms with Crippen LogP contribution in [0.5, 0.6) is 11.5 Å². The summed E-state index contributed by atoms with van der Waals surface area (Å²) in [5, 5.41) is 4.42. The van der Waals surface area contributed by atoms with E-state index in [0.29, 0.717) is 19.2 Å². The molecule has 160 valence electrons. The third-order valence-electron chi connectivity index (χ3n) is 4.90. The fourth-order valence-electron chi connectivity index (χ4n) is 3.35. The van der Waals surface area contributed by atoms with Gasteiger partial charge in [-0.25, -0.2) is 0 Å². The van der Waals surface area contributed by atoms with E-state index in [4.69, 9.17) is 21.1 Å². The van der Waals surface area contributed by atoms with Crippen molar-refractivity contribution < 1.29 is 9.47 Å². The highest BCUT2D eigenvalue weighted by atomic mass is 35.5. The van der Waals surface area contributed by atoms with Crippen molar-refractivity contribution in [3.63, 3.8) is 0 Å². The van der Waals surface area contributed by atoms with Crippen LogP contribution in [0.25, 0.3) is 0 Å². The Morgan fingerprint density at radius 2 is 1.67 bits per heavy atom. The summed E-state index contributed by atoms with van der Waals surface area (Å²) in [4.78, 5) is 0. The molecule has 0 spiro atoms. The Bertz CT molecular complexity index is 885. The van der Waals surface area contributed by atoms with Crippen LogP contribution in [0.2, 0.25) is 5.02 Å². The highest BCUT2D eigenvalue weighted by molar-refractivity contribution is 6.30. The van der Waals surface area contributed by atoms with Gasteiger partial charge in [0.1, 0.15) is 6.61 Å². The normalized spacial score (nSPS) is 11.4. The van der Waals surface area contributed by atoms with E-state index in [1.807, 2.05) is 36.4 Å². The number of halogens is 2. The maximum atomic E-state index is 6.17. The SMILES string of the molecule is CCCC(NCc1cccc(OC)c1OCc1ccc(Cl)cc1)c1ccccc1.Cl. The summed E-state index contributed by atoms with van der Waals surface area (Å²) in [5.74, 6) is 1.52. The monoisotopic (exact) mass is 445 g/mol. The Balaban J connectivity index is 0.00000320. The van der Waals surface area contributed by atoms with E-state index < -0.39 is 0 Å². The lowest BCUT2D eigenvalue weighted by Gasteiger charge is -2.21. The van der Waals surface area contributed by atoms with Crippen LogP contribution in [0, 0.1) is 0 Å². The second-order valence-electron chi connectivity index (χ2n) is 7.00. The summed E-state index contributed by atoms with van der Waals surface area (Å²) < 4.78 is 11.7. The van der Waals surface area contributed by atoms with Crippen LogP contribution >= 0.6 is 24.0 Å². The second kappa shape index (κ2) is 12.5. The van der Waals surface area contributed by atoms with Gasteiger partial charge in [-0.15, -0.1) is 12.4 Å². The number of ether oxygens (including phenoxy) is 2. The molecule has 3 rings (SSSR count). The molecule has 0 heterocycles. The van der Waals surface area contributed by atoms with Crippen LogP contribution in [-0.2, 0) is 13.2 Å². The molecular weight excluding hydrogens is 417 g/mol. The van der Waals surface area contributed by atoms with Gasteiger partial charge in [-0.1, -0.05) is 79.5 Å². The standard InChI is InChI=1S/C25H28ClNO2.ClH/c1-3-8-23(20-9-5-4-6-10-20)27-17-21-11-7-12-24(28-2)25(21)29-18-19-13-15-22(26)16-14-19;/h4-7,9-16,23,27H,3,8,17-18H2,1-2H3;1H. The topological polar surface area (TPSA) is 30.5 Å². The molecule has 3 aromatic rings. The van der Waals surface area contributed by atoms with Crippen molar-refractivity contribution in [3.8, 4) is 11.5 Å². The highest BCUT2D eigenvalue weighted by Crippen LogP contribution is 2.32. The highest BCUT2D eigenvalue weighted by Gasteiger charge is 2.14. The van der Waals surface area contributed by atoms with Gasteiger partial charge in [0.15, 0.2) is 11.5 Å². The molecule has 0 aliphatic carbocycles. The van der Waals surface area contributed by atoms with E-state index in [-0.39, 0.29) is 12.4 Å². The molecular formula is C25H29Cl2NO2. The minimum absolute atomic E-state index is 0. The van der Waals surface area contributed by atoms with Gasteiger partial charge in [0.2, 0.25) is 0 Å². The molecule has 0 aliphatic rings. The first kappa shape index (κ1) is 24.1. The first-order valence-corrected chi connectivity index (χ1v) is 10.4. The van der Waals surface area contributed by atoms with Crippen LogP contribution in [0.15, 0.2) is 72.8 Å². The lowest BCUT2D eigenvalue weighted by atomic mass is 10.0. The number of para-hydroxylation sites is 1. The average molecular weight is 446 g/mol. The van der Waals surface area contributed by atoms with Gasteiger partial charge in [-0.2, -0.15) is 0 Å². The first-order chi connectivity index (χ1) is 14.2. The zero-order valence-corrected chi connectivity index (χ0v) is 19.0. The van der Waals surface area contributed by atoms with Crippen LogP contribution in [0.1, 0.15) is 42.5 Å². The molecule has 0 saturated heterocycles. The first-order valence-electron chi connectivity index (χ1n) is 10.0. The summed E-state index contributed by atoms with van der Waals surface area (Å²) in [6, 6.07) is 24.6. The fraction of sp³-hybridized carbons (Fsp3) is 0.280. The number of methoxy groups -OCH3 is 1. The van der Waals surface area contributed by atoms with Gasteiger partial charge in [0.25, 0.3) is 0 Å². The zero-order valence-electron chi connectivity index (χ0n) is 17.4. The van der Waals surface area contributed by atoms with Gasteiger partial charge in [-0.05, 0) is 35.7 Å². The van der Waals surface area contributed by atoms with Crippen molar-refractivity contribution in [3.05, 3.63) is 94.5 Å². The van der Waals surface area contributed by atoms with Crippen molar-refractivity contribution in [2.45, 2.75) is 39.0 Å². The smallest absolute Gasteiger partial charge is 0.166 e. The van der Waals surface area contributed by atoms with Crippen molar-refractivity contribution in [1.82, 2.24) is 5.32 Å². The Morgan fingerprint density at radius 1 is 0.933 bits per heavy atom. The molecule has 3 aromatic carbocycles. The van der Waals surface area contributed by atoms with Crippen molar-refractivity contribution in [1.29, 1.82) is 0 Å². The Morgan fingerprint density at radius 3 is 2.33 bits per heavy atom. The predicted octanol–water partition coefficient (Wildman–Crippen LogP) is 6.98. The number of nitrogens with one attached hydrogen (secondary N) is 1. The Hall–Kier alpha value is -2.20. The van der Waals surface area contributed by atoms with Gasteiger partial charge in [-0.3, -0.25) is 0 Å². The molecule has 3 nitrogen and oxygen atoms in total. The van der Waals surface area contributed by atoms with Crippen molar-refractivity contribution >= 4 is 24.0 Å². The fourth-order valence-corrected chi connectivity index (χ4v) is 3.48. The van der Waals surface area contributed by atoms with E-state index in [1.165, 1.54) is 5.56 Å². The molecule has 0 aliphatic heterocycles. The largest absolute Gasteiger partial charge is 0.493 e. The third kappa shape index (κ3) is 6.66. The van der Waals surface area contributed by atoms with Gasteiger partial charge in [0, 0.05) is 23.2 Å². The van der Waals surface area contributed by atoms with Crippen molar-refractivity contribution in [2.75, 3.05) is 7.11 Å². The lowest BCUT2D eigenvalue weighted by Crippen LogP contribution is -2.21. The van der Waals surface area contributed by atoms with Gasteiger partial charge >= 0.3 is 0 Å². The lowest BCUT2D eigenvalue weighted by molar-refractivity contribution is 0.280. The number of benzene rings is 3. The molecule has 0 amide bonds. The summed E-state index contributed by atoms with van der Waals surface area (Å²) in [5.41, 5.74) is 3.45. The summed E-state index contributed by atoms with van der Waals surface area (Å²) >= 11 is 5.98. The minimum atomic E-state index is 0. The van der Waals surface area contributed by atoms with Gasteiger partial charge in [0.05, 0.1) is 7.11 Å². The Kier molecular flexibility index (Phi) is 10.0. The number of hydrogen-bond donors (Lipinski definition) is 1. The zero-order chi connectivity index (χ0) is 20.5. The summed E-state index contributed by atoms with van der Waals surface area (Å²) in [6.45, 7) is 3.37. The molecule has 1 unspecified atom stereocenters. The van der Waals surface area contributed by atoms with E-state index in [1.54, 1.807) is 7.11 Å². The summed E-state index contributed by atoms with van der Waals surface area (Å²) in [6.07, 6.45) is 2.19. The van der Waals surface area contributed by atoms with E-state index in [0.717, 1.165) is 40.5 Å². The van der Waals surface area contributed by atoms with E-state index >= 15 is 0 Å². The number of hydrogen-bond acceptors (Lipinski definition) is 3. The van der Waals surface area contributed by atoms with E-state index in [2.05, 4.69) is 48.6 Å². The molecule has 0 radical (unpaired) electrons. The van der Waals surface area contributed by atoms with Crippen molar-refractivity contribution in [2.24, 2.45) is 0 Å². The van der Waals surface area contributed by atoms with E-state index in [9.17, 15) is 0 Å². The minimum Gasteiger partial charge on any atom is -0.493 e. The van der Waals surface area contributed by atoms with Crippen LogP contribution in [-0.4, -0.2) is 7.11 Å². The quantitative estimate of drug-likeness (QED) is 0.364. The molecule has 0 saturated carbocycles.